The van der Waals surface area contributed by atoms with Crippen LogP contribution in [-0.4, -0.2) is 52.4 Å². The van der Waals surface area contributed by atoms with E-state index in [0.29, 0.717) is 23.9 Å². The highest BCUT2D eigenvalue weighted by molar-refractivity contribution is 6.05. The monoisotopic (exact) mass is 383 g/mol. The van der Waals surface area contributed by atoms with E-state index in [9.17, 15) is 4.79 Å². The average molecular weight is 383 g/mol. The smallest absolute Gasteiger partial charge is 0.256 e. The summed E-state index contributed by atoms with van der Waals surface area (Å²) in [5.41, 5.74) is 2.93. The van der Waals surface area contributed by atoms with E-state index in [0.717, 1.165) is 23.0 Å². The summed E-state index contributed by atoms with van der Waals surface area (Å²) in [5, 5.41) is 1.03. The van der Waals surface area contributed by atoms with E-state index in [1.807, 2.05) is 30.3 Å². The Morgan fingerprint density at radius 1 is 0.897 bits per heavy atom. The standard InChI is InChI=1S/C25H25N3O/c29-25(20-10-4-8-18-9-5-13-26-22(18)20)28-16-21(17-6-2-1-3-7-17)24-23(28)19-11-14-27(24)15-12-19/h1-10,13,19,21,23-24H,11-12,14-16H2/t21-,23+,24+/m1/s1. The molecule has 146 valence electrons. The predicted molar refractivity (Wildman–Crippen MR) is 114 cm³/mol. The molecule has 0 radical (unpaired) electrons. The molecule has 4 aliphatic rings. The minimum absolute atomic E-state index is 0.150. The maximum atomic E-state index is 13.8. The third-order valence-electron chi connectivity index (χ3n) is 7.35. The van der Waals surface area contributed by atoms with Crippen LogP contribution < -0.4 is 0 Å². The van der Waals surface area contributed by atoms with Crippen LogP contribution in [0.25, 0.3) is 10.9 Å². The number of benzene rings is 2. The third-order valence-corrected chi connectivity index (χ3v) is 7.35. The van der Waals surface area contributed by atoms with Gasteiger partial charge < -0.3 is 4.90 Å². The van der Waals surface area contributed by atoms with Crippen LogP contribution in [0.3, 0.4) is 0 Å². The minimum atomic E-state index is 0.150. The van der Waals surface area contributed by atoms with Gasteiger partial charge in [0, 0.05) is 30.1 Å². The Labute approximate surface area is 171 Å². The molecule has 4 fully saturated rings. The third kappa shape index (κ3) is 2.62. The van der Waals surface area contributed by atoms with Gasteiger partial charge in [-0.25, -0.2) is 0 Å². The van der Waals surface area contributed by atoms with Crippen molar-refractivity contribution >= 4 is 16.8 Å². The van der Waals surface area contributed by atoms with Gasteiger partial charge >= 0.3 is 0 Å². The Kier molecular flexibility index (Phi) is 3.95. The van der Waals surface area contributed by atoms with Gasteiger partial charge in [-0.15, -0.1) is 0 Å². The van der Waals surface area contributed by atoms with Crippen molar-refractivity contribution in [1.29, 1.82) is 0 Å². The molecule has 1 aromatic heterocycles. The van der Waals surface area contributed by atoms with Crippen LogP contribution in [0.2, 0.25) is 0 Å². The van der Waals surface area contributed by atoms with Gasteiger partial charge in [0.15, 0.2) is 0 Å². The number of carbonyl (C=O) groups is 1. The van der Waals surface area contributed by atoms with E-state index in [1.165, 1.54) is 31.5 Å². The van der Waals surface area contributed by atoms with Crippen LogP contribution in [0.1, 0.15) is 34.7 Å². The number of carbonyl (C=O) groups excluding carboxylic acids is 1. The first kappa shape index (κ1) is 17.2. The summed E-state index contributed by atoms with van der Waals surface area (Å²) in [6.45, 7) is 3.15. The van der Waals surface area contributed by atoms with Crippen LogP contribution >= 0.6 is 0 Å². The van der Waals surface area contributed by atoms with E-state index in [-0.39, 0.29) is 5.91 Å². The first-order valence-electron chi connectivity index (χ1n) is 10.7. The highest BCUT2D eigenvalue weighted by Gasteiger charge is 2.54. The molecule has 3 atom stereocenters. The zero-order valence-electron chi connectivity index (χ0n) is 16.4. The topological polar surface area (TPSA) is 36.4 Å². The molecule has 2 aromatic carbocycles. The quantitative estimate of drug-likeness (QED) is 0.673. The molecule has 4 heteroatoms. The van der Waals surface area contributed by atoms with Crippen molar-refractivity contribution in [2.75, 3.05) is 19.6 Å². The van der Waals surface area contributed by atoms with Gasteiger partial charge in [0.05, 0.1) is 17.1 Å². The zero-order valence-corrected chi connectivity index (χ0v) is 16.4. The normalized spacial score (nSPS) is 30.5. The largest absolute Gasteiger partial charge is 0.333 e. The molecule has 0 N–H and O–H groups in total. The molecule has 2 bridgehead atoms. The molecule has 5 heterocycles. The molecule has 1 amide bonds. The van der Waals surface area contributed by atoms with Gasteiger partial charge in [0.25, 0.3) is 5.91 Å². The van der Waals surface area contributed by atoms with E-state index in [1.54, 1.807) is 6.20 Å². The van der Waals surface area contributed by atoms with Gasteiger partial charge in [-0.3, -0.25) is 14.7 Å². The maximum absolute atomic E-state index is 13.8. The Bertz CT molecular complexity index is 1050. The summed E-state index contributed by atoms with van der Waals surface area (Å²) in [7, 11) is 0. The molecular formula is C25H25N3O. The number of para-hydroxylation sites is 1. The van der Waals surface area contributed by atoms with E-state index < -0.39 is 0 Å². The van der Waals surface area contributed by atoms with Gasteiger partial charge in [-0.2, -0.15) is 0 Å². The van der Waals surface area contributed by atoms with Gasteiger partial charge in [-0.1, -0.05) is 48.5 Å². The van der Waals surface area contributed by atoms with Crippen molar-refractivity contribution in [2.45, 2.75) is 30.8 Å². The van der Waals surface area contributed by atoms with E-state index in [2.05, 4.69) is 45.1 Å². The summed E-state index contributed by atoms with van der Waals surface area (Å²) in [6, 6.07) is 21.5. The summed E-state index contributed by atoms with van der Waals surface area (Å²) in [6.07, 6.45) is 4.20. The number of amides is 1. The molecule has 29 heavy (non-hydrogen) atoms. The highest BCUT2D eigenvalue weighted by atomic mass is 16.2. The van der Waals surface area contributed by atoms with Crippen molar-refractivity contribution < 1.29 is 4.79 Å². The molecule has 0 unspecified atom stereocenters. The molecule has 0 spiro atoms. The number of likely N-dealkylation sites (tertiary alicyclic amines) is 1. The summed E-state index contributed by atoms with van der Waals surface area (Å²) in [4.78, 5) is 23.2. The first-order valence-corrected chi connectivity index (χ1v) is 10.7. The Morgan fingerprint density at radius 3 is 2.52 bits per heavy atom. The number of aromatic nitrogens is 1. The molecule has 3 aromatic rings. The summed E-state index contributed by atoms with van der Waals surface area (Å²) in [5.74, 6) is 1.15. The fourth-order valence-corrected chi connectivity index (χ4v) is 6.08. The zero-order chi connectivity index (χ0) is 19.4. The second-order valence-corrected chi connectivity index (χ2v) is 8.71. The van der Waals surface area contributed by atoms with Crippen LogP contribution in [0, 0.1) is 5.92 Å². The van der Waals surface area contributed by atoms with Crippen molar-refractivity contribution in [3.8, 4) is 0 Å². The highest BCUT2D eigenvalue weighted by Crippen LogP contribution is 2.47. The number of fused-ring (bicyclic) bond motifs is 3. The van der Waals surface area contributed by atoms with Crippen molar-refractivity contribution in [2.24, 2.45) is 5.92 Å². The number of piperidine rings is 3. The Morgan fingerprint density at radius 2 is 1.69 bits per heavy atom. The fraction of sp³-hybridized carbons (Fsp3) is 0.360. The van der Waals surface area contributed by atoms with Gasteiger partial charge in [-0.05, 0) is 49.5 Å². The Hall–Kier alpha value is -2.72. The SMILES string of the molecule is O=C(c1cccc2cccnc12)N1C[C@H](c2ccccc2)[C@H]2[C@@H]1C1CCN2CC1. The number of nitrogens with zero attached hydrogens (tertiary/aromatic N) is 3. The molecule has 0 saturated carbocycles. The lowest BCUT2D eigenvalue weighted by Crippen LogP contribution is -2.60. The molecule has 4 saturated heterocycles. The van der Waals surface area contributed by atoms with E-state index >= 15 is 0 Å². The van der Waals surface area contributed by atoms with Crippen LogP contribution in [0.15, 0.2) is 66.9 Å². The average Bonchev–Trinajstić information content (AvgIpc) is 3.23. The molecule has 0 aliphatic carbocycles. The molecule has 4 aliphatic heterocycles. The lowest BCUT2D eigenvalue weighted by Gasteiger charge is -2.51. The maximum Gasteiger partial charge on any atom is 0.256 e. The second-order valence-electron chi connectivity index (χ2n) is 8.71. The second kappa shape index (κ2) is 6.67. The lowest BCUT2D eigenvalue weighted by atomic mass is 9.75. The summed E-state index contributed by atoms with van der Waals surface area (Å²) < 4.78 is 0. The molecule has 7 rings (SSSR count). The van der Waals surface area contributed by atoms with Gasteiger partial charge in [0.2, 0.25) is 0 Å². The summed E-state index contributed by atoms with van der Waals surface area (Å²) >= 11 is 0. The number of hydrogen-bond donors (Lipinski definition) is 0. The van der Waals surface area contributed by atoms with Gasteiger partial charge in [0.1, 0.15) is 0 Å². The first-order chi connectivity index (χ1) is 14.3. The molecule has 4 nitrogen and oxygen atoms in total. The van der Waals surface area contributed by atoms with Crippen molar-refractivity contribution in [3.63, 3.8) is 0 Å². The van der Waals surface area contributed by atoms with E-state index in [4.69, 9.17) is 0 Å². The lowest BCUT2D eigenvalue weighted by molar-refractivity contribution is -0.00335. The number of pyridine rings is 1. The number of rotatable bonds is 2. The van der Waals surface area contributed by atoms with Crippen LogP contribution in [-0.2, 0) is 0 Å². The predicted octanol–water partition coefficient (Wildman–Crippen LogP) is 3.94. The Balaban J connectivity index is 1.43. The van der Waals surface area contributed by atoms with Crippen LogP contribution in [0.5, 0.6) is 0 Å². The van der Waals surface area contributed by atoms with Crippen molar-refractivity contribution in [1.82, 2.24) is 14.8 Å². The molecular weight excluding hydrogens is 358 g/mol. The minimum Gasteiger partial charge on any atom is -0.333 e. The fourth-order valence-electron chi connectivity index (χ4n) is 6.08. The number of hydrogen-bond acceptors (Lipinski definition) is 3. The van der Waals surface area contributed by atoms with Crippen molar-refractivity contribution in [3.05, 3.63) is 78.0 Å². The van der Waals surface area contributed by atoms with Crippen LogP contribution in [0.4, 0.5) is 0 Å².